The smallest absolute Gasteiger partial charge is 0.257 e. The highest BCUT2D eigenvalue weighted by Gasteiger charge is 2.13. The van der Waals surface area contributed by atoms with Crippen molar-refractivity contribution in [3.05, 3.63) is 46.1 Å². The third-order valence-corrected chi connectivity index (χ3v) is 3.08. The van der Waals surface area contributed by atoms with E-state index in [9.17, 15) is 5.26 Å². The second-order valence-corrected chi connectivity index (χ2v) is 4.57. The minimum Gasteiger partial charge on any atom is -0.436 e. The van der Waals surface area contributed by atoms with Crippen LogP contribution in [-0.2, 0) is 0 Å². The fourth-order valence-corrected chi connectivity index (χ4v) is 1.71. The van der Waals surface area contributed by atoms with Gasteiger partial charge in [-0.1, -0.05) is 12.1 Å². The van der Waals surface area contributed by atoms with E-state index in [1.165, 1.54) is 0 Å². The van der Waals surface area contributed by atoms with Crippen LogP contribution in [0, 0.1) is 39.0 Å². The predicted molar refractivity (Wildman–Crippen MR) is 72.2 cm³/mol. The largest absolute Gasteiger partial charge is 0.436 e. The minimum absolute atomic E-state index is 0.263. The van der Waals surface area contributed by atoms with E-state index >= 15 is 0 Å². The summed E-state index contributed by atoms with van der Waals surface area (Å²) in [4.78, 5) is 0. The summed E-state index contributed by atoms with van der Waals surface area (Å²) in [7, 11) is 0. The number of benzene rings is 1. The van der Waals surface area contributed by atoms with Crippen molar-refractivity contribution >= 4 is 0 Å². The van der Waals surface area contributed by atoms with Gasteiger partial charge < -0.3 is 4.74 Å². The van der Waals surface area contributed by atoms with Gasteiger partial charge in [0.25, 0.3) is 5.88 Å². The van der Waals surface area contributed by atoms with Crippen molar-refractivity contribution < 1.29 is 4.74 Å². The SMILES string of the molecule is Cc1ccc(C)c(Oc2nnc(C)c(C)c2C#N)c1. The molecule has 0 saturated carbocycles. The van der Waals surface area contributed by atoms with Crippen LogP contribution in [0.3, 0.4) is 0 Å². The molecule has 4 heteroatoms. The number of aryl methyl sites for hydroxylation is 3. The maximum Gasteiger partial charge on any atom is 0.257 e. The standard InChI is InChI=1S/C15H15N3O/c1-9-5-6-10(2)14(7-9)19-15-13(8-16)11(3)12(4)17-18-15/h5-7H,1-4H3. The first kappa shape index (κ1) is 13.0. The fourth-order valence-electron chi connectivity index (χ4n) is 1.71. The molecule has 0 aliphatic rings. The number of ether oxygens (including phenoxy) is 1. The highest BCUT2D eigenvalue weighted by atomic mass is 16.5. The van der Waals surface area contributed by atoms with E-state index in [2.05, 4.69) is 16.3 Å². The highest BCUT2D eigenvalue weighted by Crippen LogP contribution is 2.28. The Morgan fingerprint density at radius 3 is 2.53 bits per heavy atom. The number of nitrogens with zero attached hydrogens (tertiary/aromatic N) is 3. The van der Waals surface area contributed by atoms with Gasteiger partial charge >= 0.3 is 0 Å². The van der Waals surface area contributed by atoms with E-state index < -0.39 is 0 Å². The summed E-state index contributed by atoms with van der Waals surface area (Å²) in [6.45, 7) is 7.61. The van der Waals surface area contributed by atoms with Crippen molar-refractivity contribution in [2.45, 2.75) is 27.7 Å². The minimum atomic E-state index is 0.263. The quantitative estimate of drug-likeness (QED) is 0.823. The molecule has 0 atom stereocenters. The zero-order valence-corrected chi connectivity index (χ0v) is 11.5. The monoisotopic (exact) mass is 253 g/mol. The third kappa shape index (κ3) is 2.55. The molecule has 0 aliphatic carbocycles. The molecule has 0 spiro atoms. The molecule has 2 rings (SSSR count). The lowest BCUT2D eigenvalue weighted by Crippen LogP contribution is -2.01. The van der Waals surface area contributed by atoms with E-state index in [1.807, 2.05) is 45.9 Å². The average Bonchev–Trinajstić information content (AvgIpc) is 2.38. The molecule has 0 saturated heterocycles. The Kier molecular flexibility index (Phi) is 3.48. The average molecular weight is 253 g/mol. The summed E-state index contributed by atoms with van der Waals surface area (Å²) in [5.41, 5.74) is 4.07. The molecule has 1 aromatic heterocycles. The zero-order chi connectivity index (χ0) is 14.0. The topological polar surface area (TPSA) is 58.8 Å². The van der Waals surface area contributed by atoms with E-state index in [1.54, 1.807) is 0 Å². The van der Waals surface area contributed by atoms with Gasteiger partial charge in [0.15, 0.2) is 0 Å². The normalized spacial score (nSPS) is 10.1. The van der Waals surface area contributed by atoms with Crippen LogP contribution < -0.4 is 4.74 Å². The van der Waals surface area contributed by atoms with Crippen molar-refractivity contribution in [2.24, 2.45) is 0 Å². The fraction of sp³-hybridized carbons (Fsp3) is 0.267. The summed E-state index contributed by atoms with van der Waals surface area (Å²) in [5, 5.41) is 17.2. The lowest BCUT2D eigenvalue weighted by Gasteiger charge is -2.11. The molecule has 1 heterocycles. The molecule has 0 amide bonds. The molecule has 96 valence electrons. The molecule has 0 fully saturated rings. The van der Waals surface area contributed by atoms with Crippen LogP contribution in [0.2, 0.25) is 0 Å². The summed E-state index contributed by atoms with van der Waals surface area (Å²) >= 11 is 0. The maximum absolute atomic E-state index is 9.23. The Bertz CT molecular complexity index is 672. The Hall–Kier alpha value is -2.41. The first-order valence-corrected chi connectivity index (χ1v) is 6.02. The molecule has 2 aromatic rings. The summed E-state index contributed by atoms with van der Waals surface area (Å²) in [5.74, 6) is 0.966. The summed E-state index contributed by atoms with van der Waals surface area (Å²) < 4.78 is 5.75. The van der Waals surface area contributed by atoms with E-state index in [-0.39, 0.29) is 5.88 Å². The molecule has 1 aromatic carbocycles. The molecule has 19 heavy (non-hydrogen) atoms. The van der Waals surface area contributed by atoms with Crippen molar-refractivity contribution in [1.82, 2.24) is 10.2 Å². The Morgan fingerprint density at radius 2 is 1.84 bits per heavy atom. The number of hydrogen-bond donors (Lipinski definition) is 0. The molecule has 0 N–H and O–H groups in total. The van der Waals surface area contributed by atoms with Gasteiger partial charge in [-0.2, -0.15) is 10.4 Å². The highest BCUT2D eigenvalue weighted by molar-refractivity contribution is 5.47. The van der Waals surface area contributed by atoms with Gasteiger partial charge in [-0.05, 0) is 50.5 Å². The van der Waals surface area contributed by atoms with Crippen LogP contribution in [0.15, 0.2) is 18.2 Å². The van der Waals surface area contributed by atoms with E-state index in [0.717, 1.165) is 22.4 Å². The molecule has 0 unspecified atom stereocenters. The van der Waals surface area contributed by atoms with Crippen molar-refractivity contribution in [3.8, 4) is 17.7 Å². The van der Waals surface area contributed by atoms with Gasteiger partial charge in [-0.3, -0.25) is 0 Å². The van der Waals surface area contributed by atoms with Crippen LogP contribution in [0.1, 0.15) is 27.9 Å². The van der Waals surface area contributed by atoms with E-state index in [0.29, 0.717) is 11.3 Å². The van der Waals surface area contributed by atoms with Gasteiger partial charge in [-0.25, -0.2) is 0 Å². The number of aromatic nitrogens is 2. The second kappa shape index (κ2) is 5.07. The van der Waals surface area contributed by atoms with Gasteiger partial charge in [0.1, 0.15) is 17.4 Å². The van der Waals surface area contributed by atoms with Gasteiger partial charge in [0.05, 0.1) is 5.69 Å². The van der Waals surface area contributed by atoms with Crippen LogP contribution >= 0.6 is 0 Å². The number of nitriles is 1. The second-order valence-electron chi connectivity index (χ2n) is 4.57. The van der Waals surface area contributed by atoms with Crippen molar-refractivity contribution in [1.29, 1.82) is 5.26 Å². The lowest BCUT2D eigenvalue weighted by molar-refractivity contribution is 0.448. The first-order chi connectivity index (χ1) is 9.02. The van der Waals surface area contributed by atoms with Gasteiger partial charge in [0, 0.05) is 0 Å². The molecule has 4 nitrogen and oxygen atoms in total. The summed E-state index contributed by atoms with van der Waals surface area (Å²) in [6.07, 6.45) is 0. The maximum atomic E-state index is 9.23. The van der Waals surface area contributed by atoms with Crippen molar-refractivity contribution in [3.63, 3.8) is 0 Å². The Balaban J connectivity index is 2.47. The van der Waals surface area contributed by atoms with E-state index in [4.69, 9.17) is 4.74 Å². The molecular weight excluding hydrogens is 238 g/mol. The van der Waals surface area contributed by atoms with Crippen molar-refractivity contribution in [2.75, 3.05) is 0 Å². The van der Waals surface area contributed by atoms with Crippen LogP contribution in [-0.4, -0.2) is 10.2 Å². The molecular formula is C15H15N3O. The van der Waals surface area contributed by atoms with Crippen LogP contribution in [0.5, 0.6) is 11.6 Å². The zero-order valence-electron chi connectivity index (χ0n) is 11.5. The third-order valence-electron chi connectivity index (χ3n) is 3.08. The van der Waals surface area contributed by atoms with Crippen LogP contribution in [0.4, 0.5) is 0 Å². The Labute approximate surface area is 112 Å². The number of hydrogen-bond acceptors (Lipinski definition) is 4. The Morgan fingerprint density at radius 1 is 1.11 bits per heavy atom. The van der Waals surface area contributed by atoms with Gasteiger partial charge in [0.2, 0.25) is 0 Å². The van der Waals surface area contributed by atoms with Gasteiger partial charge in [-0.15, -0.1) is 5.10 Å². The molecule has 0 radical (unpaired) electrons. The molecule has 0 aliphatic heterocycles. The lowest BCUT2D eigenvalue weighted by atomic mass is 10.1. The summed E-state index contributed by atoms with van der Waals surface area (Å²) in [6, 6.07) is 8.05. The van der Waals surface area contributed by atoms with Crippen LogP contribution in [0.25, 0.3) is 0 Å². The first-order valence-electron chi connectivity index (χ1n) is 6.02. The predicted octanol–water partition coefficient (Wildman–Crippen LogP) is 3.37. The molecule has 0 bridgehead atoms. The number of rotatable bonds is 2.